The van der Waals surface area contributed by atoms with Crippen LogP contribution in [0, 0.1) is 63.1 Å². The first-order valence-corrected chi connectivity index (χ1v) is 17.2. The highest BCUT2D eigenvalue weighted by Gasteiger charge is 2.81. The molecule has 258 valence electrons. The molecular weight excluding hydrogens is 588 g/mol. The average Bonchev–Trinajstić information content (AvgIpc) is 3.60. The zero-order chi connectivity index (χ0) is 33.8. The van der Waals surface area contributed by atoms with Crippen LogP contribution in [-0.2, 0) is 33.5 Å². The van der Waals surface area contributed by atoms with Gasteiger partial charge in [0.05, 0.1) is 12.8 Å². The van der Waals surface area contributed by atoms with E-state index in [1.165, 1.54) is 27.4 Å². The van der Waals surface area contributed by atoms with E-state index in [0.717, 1.165) is 31.4 Å². The molecule has 13 atom stereocenters. The lowest BCUT2D eigenvalue weighted by Crippen LogP contribution is -2.56. The molecule has 4 saturated carbocycles. The SMILES string of the molecule is CO/N=C1/C=C[C@]23C[C@]24CC[C@]2(C)[C@@H]([C@H](C)[C@@H](OC(C)=O)C(=O)C(CNOC)[C@@H](C)CO)[C@@H](OC(C)=O)C[C@@]2(C)[C@@H]4CC[C@H]3[C@@H]1C. The van der Waals surface area contributed by atoms with Crippen LogP contribution in [0.15, 0.2) is 17.3 Å². The molecule has 5 aliphatic carbocycles. The fourth-order valence-corrected chi connectivity index (χ4v) is 11.8. The first-order chi connectivity index (χ1) is 21.7. The number of rotatable bonds is 12. The Bertz CT molecular complexity index is 1270. The lowest BCUT2D eigenvalue weighted by atomic mass is 9.43. The number of Topliss-reactive ketones (excluding diaryl/α,β-unsaturated/α-hetero) is 1. The normalized spacial score (nSPS) is 42.4. The van der Waals surface area contributed by atoms with E-state index in [1.807, 2.05) is 6.92 Å². The monoisotopic (exact) mass is 644 g/mol. The van der Waals surface area contributed by atoms with Crippen molar-refractivity contribution in [3.05, 3.63) is 12.2 Å². The van der Waals surface area contributed by atoms with E-state index in [4.69, 9.17) is 19.1 Å². The molecule has 0 radical (unpaired) electrons. The molecule has 0 aromatic rings. The summed E-state index contributed by atoms with van der Waals surface area (Å²) in [5.74, 6) is -1.51. The van der Waals surface area contributed by atoms with Crippen LogP contribution in [0.5, 0.6) is 0 Å². The second-order valence-electron chi connectivity index (χ2n) is 15.8. The Morgan fingerprint density at radius 3 is 2.41 bits per heavy atom. The summed E-state index contributed by atoms with van der Waals surface area (Å²) in [6.07, 6.45) is 9.24. The fourth-order valence-electron chi connectivity index (χ4n) is 11.8. The first-order valence-electron chi connectivity index (χ1n) is 17.2. The highest BCUT2D eigenvalue weighted by atomic mass is 16.6. The smallest absolute Gasteiger partial charge is 0.303 e. The van der Waals surface area contributed by atoms with Crippen molar-refractivity contribution in [1.82, 2.24) is 5.48 Å². The van der Waals surface area contributed by atoms with Crippen molar-refractivity contribution in [2.75, 3.05) is 27.4 Å². The van der Waals surface area contributed by atoms with Gasteiger partial charge < -0.3 is 24.3 Å². The van der Waals surface area contributed by atoms with Crippen LogP contribution >= 0.6 is 0 Å². The van der Waals surface area contributed by atoms with Gasteiger partial charge in [-0.2, -0.15) is 0 Å². The number of carbonyl (C=O) groups is 3. The summed E-state index contributed by atoms with van der Waals surface area (Å²) in [6.45, 7) is 13.6. The van der Waals surface area contributed by atoms with Crippen molar-refractivity contribution >= 4 is 23.4 Å². The Morgan fingerprint density at radius 2 is 1.80 bits per heavy atom. The Balaban J connectivity index is 1.52. The van der Waals surface area contributed by atoms with Crippen LogP contribution in [0.4, 0.5) is 0 Å². The quantitative estimate of drug-likeness (QED) is 0.225. The first kappa shape index (κ1) is 35.0. The Hall–Kier alpha value is -2.30. The second-order valence-corrected chi connectivity index (χ2v) is 15.8. The number of nitrogens with one attached hydrogen (secondary N) is 1. The summed E-state index contributed by atoms with van der Waals surface area (Å²) < 4.78 is 12.1. The Kier molecular flexibility index (Phi) is 9.61. The number of carbonyl (C=O) groups excluding carboxylic acids is 3. The van der Waals surface area contributed by atoms with Gasteiger partial charge in [-0.05, 0) is 84.0 Å². The minimum absolute atomic E-state index is 0.144. The number of ketones is 1. The lowest BCUT2D eigenvalue weighted by molar-refractivity contribution is -0.169. The van der Waals surface area contributed by atoms with Crippen molar-refractivity contribution in [3.63, 3.8) is 0 Å². The van der Waals surface area contributed by atoms with E-state index < -0.39 is 30.0 Å². The molecule has 0 heterocycles. The van der Waals surface area contributed by atoms with Gasteiger partial charge in [0, 0.05) is 50.7 Å². The minimum Gasteiger partial charge on any atom is -0.462 e. The summed E-state index contributed by atoms with van der Waals surface area (Å²) in [5, 5.41) is 14.4. The van der Waals surface area contributed by atoms with Gasteiger partial charge in [-0.3, -0.25) is 14.4 Å². The highest BCUT2D eigenvalue weighted by molar-refractivity contribution is 5.98. The fraction of sp³-hybridized carbons (Fsp3) is 0.833. The third-order valence-electron chi connectivity index (χ3n) is 14.0. The molecule has 0 aromatic heterocycles. The molecule has 0 saturated heterocycles. The van der Waals surface area contributed by atoms with Crippen LogP contribution in [0.3, 0.4) is 0 Å². The summed E-state index contributed by atoms with van der Waals surface area (Å²) in [7, 11) is 3.08. The van der Waals surface area contributed by atoms with Gasteiger partial charge in [0.15, 0.2) is 11.9 Å². The number of aliphatic hydroxyl groups is 1. The summed E-state index contributed by atoms with van der Waals surface area (Å²) in [6, 6.07) is 0. The third kappa shape index (κ3) is 5.16. The second kappa shape index (κ2) is 12.6. The molecule has 1 unspecified atom stereocenters. The number of hydroxylamine groups is 1. The zero-order valence-electron chi connectivity index (χ0n) is 29.3. The van der Waals surface area contributed by atoms with Gasteiger partial charge >= 0.3 is 11.9 Å². The van der Waals surface area contributed by atoms with Gasteiger partial charge in [-0.25, -0.2) is 5.48 Å². The summed E-state index contributed by atoms with van der Waals surface area (Å²) in [4.78, 5) is 49.7. The molecule has 0 aromatic carbocycles. The van der Waals surface area contributed by atoms with Crippen molar-refractivity contribution in [3.8, 4) is 0 Å². The molecule has 10 nitrogen and oxygen atoms in total. The van der Waals surface area contributed by atoms with Crippen LogP contribution in [0.1, 0.15) is 87.0 Å². The van der Waals surface area contributed by atoms with E-state index in [-0.39, 0.29) is 58.4 Å². The number of hydrogen-bond donors (Lipinski definition) is 2. The van der Waals surface area contributed by atoms with Gasteiger partial charge in [0.2, 0.25) is 0 Å². The number of aliphatic hydroxyl groups excluding tert-OH is 1. The standard InChI is InChI=1S/C36H56N2O8/c1-20(18-39)25(17-37-43-8)31(42)32(46-24(5)41)22(3)30-28(45-23(4)40)16-34(7)29-11-10-26-21(2)27(38-44-9)12-13-35(26)19-36(29,35)15-14-33(30,34)6/h12-13,20-22,25-26,28-30,32,37,39H,10-11,14-19H2,1-9H3/b38-27-/t20-,21-,22-,25?,26-,28-,29-,30-,32+,33+,34-,35+,36-/m0/s1. The maximum absolute atomic E-state index is 14.3. The zero-order valence-corrected chi connectivity index (χ0v) is 29.3. The van der Waals surface area contributed by atoms with Gasteiger partial charge in [0.25, 0.3) is 0 Å². The van der Waals surface area contributed by atoms with E-state index in [0.29, 0.717) is 24.2 Å². The topological polar surface area (TPSA) is 133 Å². The molecule has 2 N–H and O–H groups in total. The summed E-state index contributed by atoms with van der Waals surface area (Å²) in [5.41, 5.74) is 3.69. The van der Waals surface area contributed by atoms with E-state index in [9.17, 15) is 19.5 Å². The van der Waals surface area contributed by atoms with Crippen LogP contribution in [0.25, 0.3) is 0 Å². The van der Waals surface area contributed by atoms with Crippen molar-refractivity contribution < 1.29 is 38.6 Å². The molecular formula is C36H56N2O8. The molecule has 2 spiro atoms. The number of nitrogens with zero attached hydrogens (tertiary/aromatic N) is 1. The van der Waals surface area contributed by atoms with Gasteiger partial charge in [-0.15, -0.1) is 0 Å². The van der Waals surface area contributed by atoms with Gasteiger partial charge in [-0.1, -0.05) is 45.9 Å². The van der Waals surface area contributed by atoms with Crippen molar-refractivity contribution in [2.24, 2.45) is 68.2 Å². The van der Waals surface area contributed by atoms with Crippen LogP contribution < -0.4 is 5.48 Å². The van der Waals surface area contributed by atoms with E-state index in [2.05, 4.69) is 43.6 Å². The molecule has 0 aliphatic heterocycles. The van der Waals surface area contributed by atoms with Crippen molar-refractivity contribution in [2.45, 2.75) is 99.2 Å². The Labute approximate surface area is 274 Å². The minimum atomic E-state index is -1.06. The Morgan fingerprint density at radius 1 is 1.09 bits per heavy atom. The van der Waals surface area contributed by atoms with Crippen LogP contribution in [0.2, 0.25) is 0 Å². The highest BCUT2D eigenvalue weighted by Crippen LogP contribution is 2.87. The lowest BCUT2D eigenvalue weighted by Gasteiger charge is -2.61. The van der Waals surface area contributed by atoms with E-state index >= 15 is 0 Å². The average molecular weight is 645 g/mol. The van der Waals surface area contributed by atoms with Crippen LogP contribution in [-0.4, -0.2) is 68.1 Å². The molecule has 5 rings (SSSR count). The predicted octanol–water partition coefficient (Wildman–Crippen LogP) is 4.89. The largest absolute Gasteiger partial charge is 0.462 e. The number of allylic oxidation sites excluding steroid dienone is 2. The molecule has 4 fully saturated rings. The molecule has 0 bridgehead atoms. The number of fused-ring (bicyclic) bond motifs is 2. The van der Waals surface area contributed by atoms with Crippen molar-refractivity contribution in [1.29, 1.82) is 0 Å². The third-order valence-corrected chi connectivity index (χ3v) is 14.0. The molecule has 0 amide bonds. The maximum Gasteiger partial charge on any atom is 0.303 e. The number of esters is 2. The predicted molar refractivity (Wildman–Crippen MR) is 172 cm³/mol. The molecule has 10 heteroatoms. The maximum atomic E-state index is 14.3. The number of hydrogen-bond acceptors (Lipinski definition) is 10. The van der Waals surface area contributed by atoms with Gasteiger partial charge in [0.1, 0.15) is 13.2 Å². The number of ether oxygens (including phenoxy) is 2. The number of oxime groups is 1. The molecule has 46 heavy (non-hydrogen) atoms. The molecule has 5 aliphatic rings. The van der Waals surface area contributed by atoms with E-state index in [1.54, 1.807) is 14.0 Å². The summed E-state index contributed by atoms with van der Waals surface area (Å²) >= 11 is 0.